The smallest absolute Gasteiger partial charge is 0.254 e. The van der Waals surface area contributed by atoms with Gasteiger partial charge in [0.15, 0.2) is 8.29 Å². The molecule has 1 aromatic heterocycles. The molecule has 0 N–H and O–H groups in total. The van der Waals surface area contributed by atoms with Gasteiger partial charge in [0.2, 0.25) is 0 Å². The molecule has 5 nitrogen and oxygen atoms in total. The summed E-state index contributed by atoms with van der Waals surface area (Å²) in [5.41, 5.74) is 2.79. The Morgan fingerprint density at radius 1 is 1.13 bits per heavy atom. The van der Waals surface area contributed by atoms with Crippen LogP contribution in [0, 0.1) is 3.95 Å². The van der Waals surface area contributed by atoms with Crippen molar-refractivity contribution in [1.29, 1.82) is 0 Å². The number of morpholine rings is 1. The molecule has 1 amide bonds. The predicted octanol–water partition coefficient (Wildman–Crippen LogP) is 5.20. The Morgan fingerprint density at radius 3 is 2.47 bits per heavy atom. The molecule has 0 spiro atoms. The Bertz CT molecular complexity index is 1050. The van der Waals surface area contributed by atoms with Gasteiger partial charge in [-0.05, 0) is 55.9 Å². The van der Waals surface area contributed by atoms with E-state index in [1.54, 1.807) is 16.4 Å². The summed E-state index contributed by atoms with van der Waals surface area (Å²) in [7, 11) is 0. The maximum absolute atomic E-state index is 12.9. The van der Waals surface area contributed by atoms with Crippen molar-refractivity contribution in [3.05, 3.63) is 69.7 Å². The SMILES string of the molecule is CC1CN(C(=O)c2ccc(-n3nc(SCc4ccccc4)sc3=S)cc2)CC(C)O1. The molecule has 0 saturated carbocycles. The second-order valence-corrected chi connectivity index (χ2v) is 10.2. The number of nitrogens with zero attached hydrogens (tertiary/aromatic N) is 3. The summed E-state index contributed by atoms with van der Waals surface area (Å²) in [6.07, 6.45) is 0.106. The van der Waals surface area contributed by atoms with Gasteiger partial charge >= 0.3 is 0 Å². The second kappa shape index (κ2) is 9.43. The van der Waals surface area contributed by atoms with E-state index in [1.165, 1.54) is 16.9 Å². The highest BCUT2D eigenvalue weighted by Crippen LogP contribution is 2.27. The van der Waals surface area contributed by atoms with Crippen LogP contribution in [0.25, 0.3) is 5.69 Å². The lowest BCUT2D eigenvalue weighted by atomic mass is 10.1. The van der Waals surface area contributed by atoms with Gasteiger partial charge < -0.3 is 9.64 Å². The Hall–Kier alpha value is -2.00. The van der Waals surface area contributed by atoms with Crippen molar-refractivity contribution >= 4 is 41.2 Å². The zero-order valence-electron chi connectivity index (χ0n) is 16.9. The monoisotopic (exact) mass is 457 g/mol. The van der Waals surface area contributed by atoms with Crippen LogP contribution >= 0.6 is 35.3 Å². The molecule has 0 bridgehead atoms. The van der Waals surface area contributed by atoms with E-state index in [1.807, 2.05) is 61.2 Å². The van der Waals surface area contributed by atoms with Crippen molar-refractivity contribution in [1.82, 2.24) is 14.7 Å². The first kappa shape index (κ1) is 21.2. The lowest BCUT2D eigenvalue weighted by Gasteiger charge is -2.35. The van der Waals surface area contributed by atoms with Gasteiger partial charge in [-0.2, -0.15) is 0 Å². The summed E-state index contributed by atoms with van der Waals surface area (Å²) in [4.78, 5) is 14.7. The first-order chi connectivity index (χ1) is 14.5. The number of benzene rings is 2. The van der Waals surface area contributed by atoms with Crippen LogP contribution in [0.5, 0.6) is 0 Å². The standard InChI is InChI=1S/C22H23N3O2S3/c1-15-12-24(13-16(2)27-15)20(26)18-8-10-19(11-9-18)25-22(28)30-21(23-25)29-14-17-6-4-3-5-7-17/h3-11,15-16H,12-14H2,1-2H3. The zero-order valence-corrected chi connectivity index (χ0v) is 19.3. The van der Waals surface area contributed by atoms with Crippen LogP contribution in [0.15, 0.2) is 58.9 Å². The number of hydrogen-bond acceptors (Lipinski definition) is 6. The van der Waals surface area contributed by atoms with E-state index in [9.17, 15) is 4.79 Å². The van der Waals surface area contributed by atoms with Gasteiger partial charge in [0.05, 0.1) is 17.9 Å². The summed E-state index contributed by atoms with van der Waals surface area (Å²) in [6, 6.07) is 17.8. The van der Waals surface area contributed by atoms with Gasteiger partial charge in [0.25, 0.3) is 5.91 Å². The third-order valence-corrected chi connectivity index (χ3v) is 7.24. The summed E-state index contributed by atoms with van der Waals surface area (Å²) < 4.78 is 9.12. The molecule has 30 heavy (non-hydrogen) atoms. The molecule has 2 aromatic carbocycles. The minimum absolute atomic E-state index is 0.0320. The molecule has 2 unspecified atom stereocenters. The third-order valence-electron chi connectivity index (χ3n) is 4.80. The number of ether oxygens (including phenoxy) is 1. The van der Waals surface area contributed by atoms with Crippen molar-refractivity contribution in [2.24, 2.45) is 0 Å². The fraction of sp³-hybridized carbons (Fsp3) is 0.318. The minimum Gasteiger partial charge on any atom is -0.372 e. The first-order valence-electron chi connectivity index (χ1n) is 9.81. The van der Waals surface area contributed by atoms with Gasteiger partial charge in [-0.25, -0.2) is 4.68 Å². The summed E-state index contributed by atoms with van der Waals surface area (Å²) in [5.74, 6) is 0.886. The van der Waals surface area contributed by atoms with Gasteiger partial charge in [-0.3, -0.25) is 4.79 Å². The molecule has 1 saturated heterocycles. The molecule has 4 rings (SSSR count). The highest BCUT2D eigenvalue weighted by Gasteiger charge is 2.26. The molecule has 1 aliphatic rings. The van der Waals surface area contributed by atoms with Crippen molar-refractivity contribution in [3.63, 3.8) is 0 Å². The van der Waals surface area contributed by atoms with Crippen molar-refractivity contribution in [3.8, 4) is 5.69 Å². The molecule has 1 fully saturated rings. The van der Waals surface area contributed by atoms with Crippen LogP contribution in [0.4, 0.5) is 0 Å². The lowest BCUT2D eigenvalue weighted by Crippen LogP contribution is -2.48. The van der Waals surface area contributed by atoms with E-state index in [0.29, 0.717) is 22.6 Å². The lowest BCUT2D eigenvalue weighted by molar-refractivity contribution is -0.0586. The topological polar surface area (TPSA) is 47.4 Å². The summed E-state index contributed by atoms with van der Waals surface area (Å²) >= 11 is 8.70. The predicted molar refractivity (Wildman–Crippen MR) is 124 cm³/mol. The molecular weight excluding hydrogens is 434 g/mol. The zero-order chi connectivity index (χ0) is 21.1. The average molecular weight is 458 g/mol. The number of thioether (sulfide) groups is 1. The molecule has 0 aliphatic carbocycles. The average Bonchev–Trinajstić information content (AvgIpc) is 3.12. The maximum Gasteiger partial charge on any atom is 0.254 e. The molecular formula is C22H23N3O2S3. The van der Waals surface area contributed by atoms with Gasteiger partial charge in [0.1, 0.15) is 0 Å². The van der Waals surface area contributed by atoms with Crippen molar-refractivity contribution in [2.45, 2.75) is 36.1 Å². The largest absolute Gasteiger partial charge is 0.372 e. The first-order valence-corrected chi connectivity index (χ1v) is 12.0. The second-order valence-electron chi connectivity index (χ2n) is 7.33. The van der Waals surface area contributed by atoms with Gasteiger partial charge in [0, 0.05) is 24.4 Å². The number of hydrogen-bond donors (Lipinski definition) is 0. The summed E-state index contributed by atoms with van der Waals surface area (Å²) in [6.45, 7) is 5.22. The van der Waals surface area contributed by atoms with Crippen LogP contribution in [0.2, 0.25) is 0 Å². The molecule has 2 atom stereocenters. The fourth-order valence-corrected chi connectivity index (χ4v) is 5.79. The van der Waals surface area contributed by atoms with Crippen molar-refractivity contribution < 1.29 is 9.53 Å². The molecule has 0 radical (unpaired) electrons. The number of carbonyl (C=O) groups is 1. The molecule has 1 aliphatic heterocycles. The van der Waals surface area contributed by atoms with E-state index >= 15 is 0 Å². The van der Waals surface area contributed by atoms with Crippen molar-refractivity contribution in [2.75, 3.05) is 13.1 Å². The quantitative estimate of drug-likeness (QED) is 0.389. The molecule has 156 valence electrons. The van der Waals surface area contributed by atoms with E-state index in [-0.39, 0.29) is 18.1 Å². The van der Waals surface area contributed by atoms with Gasteiger partial charge in [-0.15, -0.1) is 5.10 Å². The number of amides is 1. The normalized spacial score (nSPS) is 19.1. The Labute approximate surface area is 189 Å². The summed E-state index contributed by atoms with van der Waals surface area (Å²) in [5, 5.41) is 4.66. The van der Waals surface area contributed by atoms with Crippen LogP contribution in [0.1, 0.15) is 29.8 Å². The Kier molecular flexibility index (Phi) is 6.67. The van der Waals surface area contributed by atoms with Crippen LogP contribution < -0.4 is 0 Å². The Morgan fingerprint density at radius 2 is 1.80 bits per heavy atom. The Balaban J connectivity index is 1.45. The van der Waals surface area contributed by atoms with Gasteiger partial charge in [-0.1, -0.05) is 53.4 Å². The molecule has 3 aromatic rings. The number of carbonyl (C=O) groups excluding carboxylic acids is 1. The highest BCUT2D eigenvalue weighted by molar-refractivity contribution is 8.00. The minimum atomic E-state index is 0.0320. The molecule has 2 heterocycles. The number of rotatable bonds is 5. The maximum atomic E-state index is 12.9. The van der Waals surface area contributed by atoms with E-state index in [2.05, 4.69) is 17.2 Å². The van der Waals surface area contributed by atoms with Crippen LogP contribution in [-0.4, -0.2) is 45.9 Å². The highest BCUT2D eigenvalue weighted by atomic mass is 32.2. The number of aromatic nitrogens is 2. The van der Waals surface area contributed by atoms with E-state index < -0.39 is 0 Å². The fourth-order valence-electron chi connectivity index (χ4n) is 3.47. The van der Waals surface area contributed by atoms with E-state index in [0.717, 1.165) is 15.8 Å². The van der Waals surface area contributed by atoms with E-state index in [4.69, 9.17) is 17.0 Å². The van der Waals surface area contributed by atoms with Crippen LogP contribution in [-0.2, 0) is 10.5 Å². The van der Waals surface area contributed by atoms with Crippen LogP contribution in [0.3, 0.4) is 0 Å². The molecule has 8 heteroatoms. The third kappa shape index (κ3) is 5.00.